The third-order valence-corrected chi connectivity index (χ3v) is 4.96. The van der Waals surface area contributed by atoms with Gasteiger partial charge in [0.1, 0.15) is 24.9 Å². The van der Waals surface area contributed by atoms with Gasteiger partial charge >= 0.3 is 6.09 Å². The number of hydrogen-bond acceptors (Lipinski definition) is 6. The van der Waals surface area contributed by atoms with Crippen LogP contribution in [0, 0.1) is 11.7 Å². The number of halogens is 2. The molecule has 29 heavy (non-hydrogen) atoms. The van der Waals surface area contributed by atoms with Gasteiger partial charge in [0.25, 0.3) is 0 Å². The number of amides is 1. The molecule has 0 unspecified atom stereocenters. The number of fused-ring (bicyclic) bond motifs is 1. The maximum atomic E-state index is 14.6. The molecule has 10 heteroatoms. The van der Waals surface area contributed by atoms with Crippen LogP contribution in [-0.2, 0) is 11.3 Å². The fourth-order valence-corrected chi connectivity index (χ4v) is 3.28. The smallest absolute Gasteiger partial charge is 0.410 e. The molecule has 0 radical (unpaired) electrons. The molecule has 1 fully saturated rings. The predicted octanol–water partition coefficient (Wildman–Crippen LogP) is 2.67. The van der Waals surface area contributed by atoms with Gasteiger partial charge in [-0.2, -0.15) is 0 Å². The number of nitrogens with one attached hydrogen (secondary N) is 1. The first-order valence-corrected chi connectivity index (χ1v) is 9.28. The molecule has 0 saturated carbocycles. The number of benzene rings is 1. The summed E-state index contributed by atoms with van der Waals surface area (Å²) < 4.78 is 34.5. The van der Waals surface area contributed by atoms with Crippen molar-refractivity contribution in [1.29, 1.82) is 0 Å². The molecule has 2 aromatic heterocycles. The van der Waals surface area contributed by atoms with Crippen LogP contribution in [0.5, 0.6) is 0 Å². The van der Waals surface area contributed by atoms with Gasteiger partial charge in [0.05, 0.1) is 6.54 Å². The number of rotatable bonds is 5. The Morgan fingerprint density at radius 3 is 2.93 bits per heavy atom. The van der Waals surface area contributed by atoms with Crippen molar-refractivity contribution >= 4 is 17.6 Å². The standard InChI is InChI=1S/C19H20F2N6O2/c20-15-3-1-13(2-4-15)11-29-19(28)26-7-5-14(16(21)10-26)9-23-17-18-25-24-12-27(18)8-6-22-17/h1-4,6,8,12,14,16H,5,7,9-11H2,(H,22,23)/t14-,16-/m1/s1. The molecule has 0 spiro atoms. The average molecular weight is 402 g/mol. The van der Waals surface area contributed by atoms with E-state index in [-0.39, 0.29) is 24.9 Å². The van der Waals surface area contributed by atoms with Crippen molar-refractivity contribution in [3.63, 3.8) is 0 Å². The Morgan fingerprint density at radius 2 is 2.14 bits per heavy atom. The number of carbonyl (C=O) groups excluding carboxylic acids is 1. The van der Waals surface area contributed by atoms with Gasteiger partial charge in [-0.1, -0.05) is 12.1 Å². The second kappa shape index (κ2) is 8.38. The summed E-state index contributed by atoms with van der Waals surface area (Å²) in [5, 5.41) is 10.9. The quantitative estimate of drug-likeness (QED) is 0.706. The van der Waals surface area contributed by atoms with Crippen molar-refractivity contribution in [2.24, 2.45) is 5.92 Å². The maximum absolute atomic E-state index is 14.6. The van der Waals surface area contributed by atoms with Crippen molar-refractivity contribution in [1.82, 2.24) is 24.5 Å². The lowest BCUT2D eigenvalue weighted by Gasteiger charge is -2.34. The minimum Gasteiger partial charge on any atom is -0.445 e. The number of anilines is 1. The van der Waals surface area contributed by atoms with Crippen LogP contribution in [0.3, 0.4) is 0 Å². The molecule has 1 aliphatic heterocycles. The highest BCUT2D eigenvalue weighted by molar-refractivity contribution is 5.68. The Balaban J connectivity index is 1.27. The van der Waals surface area contributed by atoms with E-state index in [0.29, 0.717) is 36.5 Å². The van der Waals surface area contributed by atoms with Gasteiger partial charge in [-0.05, 0) is 24.1 Å². The lowest BCUT2D eigenvalue weighted by atomic mass is 9.95. The Kier molecular flexibility index (Phi) is 5.50. The summed E-state index contributed by atoms with van der Waals surface area (Å²) in [5.74, 6) is -0.0778. The molecule has 3 aromatic rings. The van der Waals surface area contributed by atoms with Gasteiger partial charge in [0.15, 0.2) is 5.82 Å². The van der Waals surface area contributed by atoms with Crippen molar-refractivity contribution in [3.05, 3.63) is 54.4 Å². The van der Waals surface area contributed by atoms with Crippen molar-refractivity contribution in [2.75, 3.05) is 25.0 Å². The highest BCUT2D eigenvalue weighted by Crippen LogP contribution is 2.22. The fourth-order valence-electron chi connectivity index (χ4n) is 3.28. The average Bonchev–Trinajstić information content (AvgIpc) is 3.22. The first-order valence-electron chi connectivity index (χ1n) is 9.28. The number of nitrogens with zero attached hydrogens (tertiary/aromatic N) is 5. The number of alkyl halides is 1. The molecule has 1 aromatic carbocycles. The molecule has 3 heterocycles. The molecule has 152 valence electrons. The van der Waals surface area contributed by atoms with Gasteiger partial charge in [-0.3, -0.25) is 4.40 Å². The number of aromatic nitrogens is 4. The summed E-state index contributed by atoms with van der Waals surface area (Å²) in [6.07, 6.45) is 3.65. The molecule has 1 amide bonds. The zero-order chi connectivity index (χ0) is 20.2. The SMILES string of the molecule is O=C(OCc1ccc(F)cc1)N1CC[C@H](CNc2nccn3cnnc23)[C@H](F)C1. The number of carbonyl (C=O) groups is 1. The van der Waals surface area contributed by atoms with E-state index in [4.69, 9.17) is 4.74 Å². The van der Waals surface area contributed by atoms with Gasteiger partial charge in [-0.15, -0.1) is 10.2 Å². The fraction of sp³-hybridized carbons (Fsp3) is 0.368. The van der Waals surface area contributed by atoms with Crippen molar-refractivity contribution < 1.29 is 18.3 Å². The summed E-state index contributed by atoms with van der Waals surface area (Å²) in [5.41, 5.74) is 1.25. The summed E-state index contributed by atoms with van der Waals surface area (Å²) >= 11 is 0. The second-order valence-electron chi connectivity index (χ2n) is 6.91. The Bertz CT molecular complexity index is 980. The van der Waals surface area contributed by atoms with E-state index in [1.165, 1.54) is 17.0 Å². The summed E-state index contributed by atoms with van der Waals surface area (Å²) in [6.45, 7) is 0.763. The van der Waals surface area contributed by atoms with Crippen LogP contribution in [0.15, 0.2) is 43.0 Å². The molecule has 0 bridgehead atoms. The molecular formula is C19H20F2N6O2. The number of ether oxygens (including phenoxy) is 1. The maximum Gasteiger partial charge on any atom is 0.410 e. The van der Waals surface area contributed by atoms with Gasteiger partial charge in [-0.25, -0.2) is 18.6 Å². The van der Waals surface area contributed by atoms with Crippen LogP contribution in [0.1, 0.15) is 12.0 Å². The number of hydrogen-bond donors (Lipinski definition) is 1. The predicted molar refractivity (Wildman–Crippen MR) is 100 cm³/mol. The highest BCUT2D eigenvalue weighted by atomic mass is 19.1. The summed E-state index contributed by atoms with van der Waals surface area (Å²) in [7, 11) is 0. The number of likely N-dealkylation sites (tertiary alicyclic amines) is 1. The third-order valence-electron chi connectivity index (χ3n) is 4.96. The Labute approximate surface area is 165 Å². The Hall–Kier alpha value is -3.30. The van der Waals surface area contributed by atoms with E-state index in [2.05, 4.69) is 20.5 Å². The van der Waals surface area contributed by atoms with Crippen LogP contribution in [-0.4, -0.2) is 56.4 Å². The van der Waals surface area contributed by atoms with Crippen LogP contribution < -0.4 is 5.32 Å². The molecular weight excluding hydrogens is 382 g/mol. The van der Waals surface area contributed by atoms with Gasteiger partial charge in [0.2, 0.25) is 5.65 Å². The first kappa shape index (κ1) is 19.0. The molecule has 2 atom stereocenters. The summed E-state index contributed by atoms with van der Waals surface area (Å²) in [6, 6.07) is 5.69. The molecule has 1 N–H and O–H groups in total. The van der Waals surface area contributed by atoms with E-state index < -0.39 is 12.3 Å². The van der Waals surface area contributed by atoms with E-state index >= 15 is 0 Å². The van der Waals surface area contributed by atoms with Crippen molar-refractivity contribution in [2.45, 2.75) is 19.2 Å². The van der Waals surface area contributed by atoms with E-state index in [1.807, 2.05) is 0 Å². The van der Waals surface area contributed by atoms with Gasteiger partial charge in [0, 0.05) is 31.4 Å². The molecule has 1 aliphatic rings. The van der Waals surface area contributed by atoms with E-state index in [1.54, 1.807) is 35.3 Å². The second-order valence-corrected chi connectivity index (χ2v) is 6.91. The van der Waals surface area contributed by atoms with Crippen LogP contribution in [0.25, 0.3) is 5.65 Å². The summed E-state index contributed by atoms with van der Waals surface area (Å²) in [4.78, 5) is 17.8. The van der Waals surface area contributed by atoms with E-state index in [0.717, 1.165) is 0 Å². The van der Waals surface area contributed by atoms with E-state index in [9.17, 15) is 13.6 Å². The molecule has 1 saturated heterocycles. The normalized spacial score (nSPS) is 19.3. The van der Waals surface area contributed by atoms with Gasteiger partial charge < -0.3 is 15.0 Å². The minimum absolute atomic E-state index is 0.0194. The van der Waals surface area contributed by atoms with Crippen LogP contribution >= 0.6 is 0 Å². The minimum atomic E-state index is -1.19. The van der Waals surface area contributed by atoms with Crippen LogP contribution in [0.4, 0.5) is 19.4 Å². The zero-order valence-electron chi connectivity index (χ0n) is 15.5. The molecule has 0 aliphatic carbocycles. The zero-order valence-corrected chi connectivity index (χ0v) is 15.5. The topological polar surface area (TPSA) is 84.7 Å². The monoisotopic (exact) mass is 402 g/mol. The molecule has 4 rings (SSSR count). The number of piperidine rings is 1. The van der Waals surface area contributed by atoms with Crippen molar-refractivity contribution in [3.8, 4) is 0 Å². The lowest BCUT2D eigenvalue weighted by Crippen LogP contribution is -2.46. The third kappa shape index (κ3) is 4.41. The lowest BCUT2D eigenvalue weighted by molar-refractivity contribution is 0.0544. The molecule has 8 nitrogen and oxygen atoms in total. The highest BCUT2D eigenvalue weighted by Gasteiger charge is 2.32. The first-order chi connectivity index (χ1) is 14.1. The largest absolute Gasteiger partial charge is 0.445 e. The van der Waals surface area contributed by atoms with Crippen LogP contribution in [0.2, 0.25) is 0 Å². The Morgan fingerprint density at radius 1 is 1.31 bits per heavy atom.